The van der Waals surface area contributed by atoms with Gasteiger partial charge in [0.15, 0.2) is 0 Å². The van der Waals surface area contributed by atoms with Crippen molar-refractivity contribution in [2.24, 2.45) is 0 Å². The summed E-state index contributed by atoms with van der Waals surface area (Å²) in [7, 11) is 0. The molecule has 132 valence electrons. The van der Waals surface area contributed by atoms with Gasteiger partial charge in [0.25, 0.3) is 5.91 Å². The van der Waals surface area contributed by atoms with Gasteiger partial charge in [-0.25, -0.2) is 14.4 Å². The number of thioether (sulfide) groups is 1. The number of carbonyl (C=O) groups is 1. The van der Waals surface area contributed by atoms with Crippen molar-refractivity contribution in [2.75, 3.05) is 6.26 Å². The van der Waals surface area contributed by atoms with Crippen LogP contribution in [0.25, 0.3) is 0 Å². The Kier molecular flexibility index (Phi) is 5.08. The lowest BCUT2D eigenvalue weighted by atomic mass is 10.1. The number of carbonyl (C=O) groups excluding carboxylic acids is 1. The molecule has 0 fully saturated rings. The van der Waals surface area contributed by atoms with E-state index in [-0.39, 0.29) is 23.7 Å². The third-order valence-corrected chi connectivity index (χ3v) is 5.18. The van der Waals surface area contributed by atoms with Crippen molar-refractivity contribution in [1.29, 1.82) is 0 Å². The first kappa shape index (κ1) is 17.9. The monoisotopic (exact) mass is 359 g/mol. The van der Waals surface area contributed by atoms with Crippen LogP contribution in [0, 0.1) is 12.7 Å². The van der Waals surface area contributed by atoms with Crippen molar-refractivity contribution >= 4 is 17.7 Å². The third kappa shape index (κ3) is 3.54. The number of fused-ring (bicyclic) bond motifs is 1. The summed E-state index contributed by atoms with van der Waals surface area (Å²) < 4.78 is 13.4. The van der Waals surface area contributed by atoms with Crippen molar-refractivity contribution in [1.82, 2.24) is 15.3 Å². The first-order valence-corrected chi connectivity index (χ1v) is 9.65. The van der Waals surface area contributed by atoms with E-state index in [1.807, 2.05) is 27.0 Å². The predicted octanol–water partition coefficient (Wildman–Crippen LogP) is 4.19. The molecule has 1 aromatic carbocycles. The van der Waals surface area contributed by atoms with Gasteiger partial charge in [-0.05, 0) is 49.3 Å². The highest BCUT2D eigenvalue weighted by atomic mass is 32.2. The van der Waals surface area contributed by atoms with Crippen LogP contribution in [0.15, 0.2) is 23.2 Å². The molecule has 6 heteroatoms. The molecule has 0 radical (unpaired) electrons. The van der Waals surface area contributed by atoms with E-state index >= 15 is 0 Å². The fourth-order valence-electron chi connectivity index (χ4n) is 3.20. The largest absolute Gasteiger partial charge is 0.345 e. The van der Waals surface area contributed by atoms with Gasteiger partial charge in [-0.2, -0.15) is 0 Å². The summed E-state index contributed by atoms with van der Waals surface area (Å²) in [4.78, 5) is 21.9. The minimum Gasteiger partial charge on any atom is -0.345 e. The second-order valence-electron chi connectivity index (χ2n) is 6.61. The highest BCUT2D eigenvalue weighted by Gasteiger charge is 2.27. The van der Waals surface area contributed by atoms with Crippen molar-refractivity contribution in [3.8, 4) is 0 Å². The Morgan fingerprint density at radius 1 is 1.36 bits per heavy atom. The zero-order valence-electron chi connectivity index (χ0n) is 14.9. The number of nitrogens with one attached hydrogen (secondary N) is 1. The molecule has 0 spiro atoms. The van der Waals surface area contributed by atoms with Crippen LogP contribution >= 0.6 is 11.8 Å². The highest BCUT2D eigenvalue weighted by molar-refractivity contribution is 7.98. The van der Waals surface area contributed by atoms with E-state index in [0.29, 0.717) is 16.3 Å². The Bertz CT molecular complexity index is 823. The Balaban J connectivity index is 1.88. The molecule has 0 bridgehead atoms. The number of aryl methyl sites for hydroxylation is 2. The van der Waals surface area contributed by atoms with Gasteiger partial charge < -0.3 is 5.32 Å². The van der Waals surface area contributed by atoms with Crippen LogP contribution in [-0.4, -0.2) is 22.1 Å². The van der Waals surface area contributed by atoms with Crippen molar-refractivity contribution in [3.05, 3.63) is 52.2 Å². The molecule has 2 aromatic rings. The molecule has 0 aliphatic heterocycles. The summed E-state index contributed by atoms with van der Waals surface area (Å²) >= 11 is 1.45. The first-order valence-electron chi connectivity index (χ1n) is 8.42. The second-order valence-corrected chi connectivity index (χ2v) is 7.41. The van der Waals surface area contributed by atoms with Gasteiger partial charge in [0.05, 0.1) is 17.3 Å². The summed E-state index contributed by atoms with van der Waals surface area (Å²) in [6.45, 7) is 5.92. The maximum absolute atomic E-state index is 13.4. The van der Waals surface area contributed by atoms with Crippen LogP contribution in [0.2, 0.25) is 0 Å². The average Bonchev–Trinajstić information content (AvgIpc) is 2.95. The normalized spacial score (nSPS) is 16.2. The number of hydrogen-bond acceptors (Lipinski definition) is 4. The predicted molar refractivity (Wildman–Crippen MR) is 97.6 cm³/mol. The molecular formula is C19H22FN3OS. The average molecular weight is 359 g/mol. The van der Waals surface area contributed by atoms with Crippen LogP contribution in [-0.2, 0) is 6.42 Å². The van der Waals surface area contributed by atoms with Gasteiger partial charge in [-0.15, -0.1) is 11.8 Å². The van der Waals surface area contributed by atoms with Crippen molar-refractivity contribution in [2.45, 2.75) is 50.6 Å². The van der Waals surface area contributed by atoms with Gasteiger partial charge in [0.2, 0.25) is 0 Å². The molecule has 0 saturated carbocycles. The van der Waals surface area contributed by atoms with Gasteiger partial charge in [0.1, 0.15) is 16.7 Å². The van der Waals surface area contributed by atoms with Crippen molar-refractivity contribution < 1.29 is 9.18 Å². The molecule has 1 N–H and O–H groups in total. The van der Waals surface area contributed by atoms with E-state index in [2.05, 4.69) is 15.3 Å². The quantitative estimate of drug-likeness (QED) is 0.657. The van der Waals surface area contributed by atoms with E-state index in [9.17, 15) is 9.18 Å². The van der Waals surface area contributed by atoms with Gasteiger partial charge in [-0.1, -0.05) is 19.9 Å². The van der Waals surface area contributed by atoms with Crippen LogP contribution in [0.4, 0.5) is 4.39 Å². The SMILES string of the molecule is CSc1nc(C(C)C)nc(C)c1C(=O)NC1CCc2cc(F)ccc21. The molecule has 4 nitrogen and oxygen atoms in total. The molecule has 1 unspecified atom stereocenters. The molecule has 1 aliphatic rings. The molecule has 25 heavy (non-hydrogen) atoms. The van der Waals surface area contributed by atoms with Crippen LogP contribution in [0.5, 0.6) is 0 Å². The van der Waals surface area contributed by atoms with E-state index in [4.69, 9.17) is 0 Å². The standard InChI is InChI=1S/C19H22FN3OS/c1-10(2)17-21-11(3)16(19(23-17)25-4)18(24)22-15-8-5-12-9-13(20)6-7-14(12)15/h6-7,9-10,15H,5,8H2,1-4H3,(H,22,24). The molecule has 1 heterocycles. The number of halogens is 1. The Hall–Kier alpha value is -1.95. The molecule has 0 saturated heterocycles. The number of hydrogen-bond donors (Lipinski definition) is 1. The van der Waals surface area contributed by atoms with E-state index in [1.54, 1.807) is 12.1 Å². The van der Waals surface area contributed by atoms with Gasteiger partial charge >= 0.3 is 0 Å². The first-order chi connectivity index (χ1) is 11.9. The lowest BCUT2D eigenvalue weighted by Crippen LogP contribution is -2.29. The topological polar surface area (TPSA) is 54.9 Å². The number of rotatable bonds is 4. The fourth-order valence-corrected chi connectivity index (χ4v) is 3.83. The van der Waals surface area contributed by atoms with Gasteiger partial charge in [0, 0.05) is 5.92 Å². The molecule has 3 rings (SSSR count). The molecule has 1 aliphatic carbocycles. The summed E-state index contributed by atoms with van der Waals surface area (Å²) in [6, 6.07) is 4.67. The highest BCUT2D eigenvalue weighted by Crippen LogP contribution is 2.32. The number of benzene rings is 1. The van der Waals surface area contributed by atoms with Crippen molar-refractivity contribution in [3.63, 3.8) is 0 Å². The van der Waals surface area contributed by atoms with Crippen LogP contribution in [0.1, 0.15) is 65.2 Å². The molecule has 1 atom stereocenters. The summed E-state index contributed by atoms with van der Waals surface area (Å²) in [5.74, 6) is 0.557. The summed E-state index contributed by atoms with van der Waals surface area (Å²) in [5, 5.41) is 3.78. The Morgan fingerprint density at radius 3 is 2.80 bits per heavy atom. The third-order valence-electron chi connectivity index (χ3n) is 4.50. The molecule has 1 aromatic heterocycles. The number of amides is 1. The maximum Gasteiger partial charge on any atom is 0.256 e. The van der Waals surface area contributed by atoms with E-state index in [1.165, 1.54) is 17.8 Å². The maximum atomic E-state index is 13.4. The molecular weight excluding hydrogens is 337 g/mol. The zero-order chi connectivity index (χ0) is 18.1. The summed E-state index contributed by atoms with van der Waals surface area (Å²) in [6.07, 6.45) is 3.47. The van der Waals surface area contributed by atoms with Crippen LogP contribution in [0.3, 0.4) is 0 Å². The molecule has 1 amide bonds. The smallest absolute Gasteiger partial charge is 0.256 e. The van der Waals surface area contributed by atoms with Gasteiger partial charge in [-0.3, -0.25) is 4.79 Å². The number of nitrogens with zero attached hydrogens (tertiary/aromatic N) is 2. The lowest BCUT2D eigenvalue weighted by Gasteiger charge is -2.17. The minimum absolute atomic E-state index is 0.0954. The number of aromatic nitrogens is 2. The van der Waals surface area contributed by atoms with E-state index < -0.39 is 0 Å². The minimum atomic E-state index is -0.232. The van der Waals surface area contributed by atoms with Crippen LogP contribution < -0.4 is 5.32 Å². The zero-order valence-corrected chi connectivity index (χ0v) is 15.7. The Morgan fingerprint density at radius 2 is 2.12 bits per heavy atom. The fraction of sp³-hybridized carbons (Fsp3) is 0.421. The van der Waals surface area contributed by atoms with E-state index in [0.717, 1.165) is 29.8 Å². The Labute approximate surface area is 151 Å². The second kappa shape index (κ2) is 7.12. The summed E-state index contributed by atoms with van der Waals surface area (Å²) in [5.41, 5.74) is 3.20. The lowest BCUT2D eigenvalue weighted by molar-refractivity contribution is 0.0931.